The van der Waals surface area contributed by atoms with Crippen molar-refractivity contribution in [2.24, 2.45) is 0 Å². The molecule has 0 saturated carbocycles. The van der Waals surface area contributed by atoms with Crippen LogP contribution < -0.4 is 0 Å². The minimum Gasteiger partial charge on any atom is -0.339 e. The smallest absolute Gasteiger partial charge is 0.255 e. The summed E-state index contributed by atoms with van der Waals surface area (Å²) in [6.45, 7) is 3.62. The van der Waals surface area contributed by atoms with Crippen LogP contribution in [0.2, 0.25) is 0 Å². The SMILES string of the molecule is Cc1cncc(C(=O)N2CCC(c3ccccc3)CC2)c1. The van der Waals surface area contributed by atoms with Crippen molar-refractivity contribution in [1.82, 2.24) is 9.88 Å². The lowest BCUT2D eigenvalue weighted by molar-refractivity contribution is 0.0712. The van der Waals surface area contributed by atoms with Crippen LogP contribution in [0.25, 0.3) is 0 Å². The summed E-state index contributed by atoms with van der Waals surface area (Å²) in [4.78, 5) is 18.6. The molecule has 3 rings (SSSR count). The molecule has 0 atom stereocenters. The van der Waals surface area contributed by atoms with E-state index in [9.17, 15) is 4.79 Å². The maximum atomic E-state index is 12.5. The third-order valence-electron chi connectivity index (χ3n) is 4.18. The molecule has 0 unspecified atom stereocenters. The summed E-state index contributed by atoms with van der Waals surface area (Å²) in [5.41, 5.74) is 3.12. The van der Waals surface area contributed by atoms with Gasteiger partial charge >= 0.3 is 0 Å². The van der Waals surface area contributed by atoms with Crippen LogP contribution in [-0.2, 0) is 0 Å². The van der Waals surface area contributed by atoms with Gasteiger partial charge in [0.2, 0.25) is 0 Å². The summed E-state index contributed by atoms with van der Waals surface area (Å²) in [5, 5.41) is 0. The topological polar surface area (TPSA) is 33.2 Å². The summed E-state index contributed by atoms with van der Waals surface area (Å²) in [6.07, 6.45) is 5.51. The first-order valence-electron chi connectivity index (χ1n) is 7.50. The zero-order valence-electron chi connectivity index (χ0n) is 12.3. The third kappa shape index (κ3) is 3.13. The molecule has 2 heterocycles. The molecular weight excluding hydrogens is 260 g/mol. The van der Waals surface area contributed by atoms with Crippen molar-refractivity contribution < 1.29 is 4.79 Å². The molecule has 3 nitrogen and oxygen atoms in total. The summed E-state index contributed by atoms with van der Waals surface area (Å²) in [6, 6.07) is 12.5. The molecule has 1 saturated heterocycles. The van der Waals surface area contributed by atoms with E-state index in [4.69, 9.17) is 0 Å². The van der Waals surface area contributed by atoms with E-state index >= 15 is 0 Å². The Morgan fingerprint density at radius 1 is 1.14 bits per heavy atom. The van der Waals surface area contributed by atoms with Gasteiger partial charge in [-0.05, 0) is 42.9 Å². The highest BCUT2D eigenvalue weighted by atomic mass is 16.2. The number of hydrogen-bond acceptors (Lipinski definition) is 2. The predicted molar refractivity (Wildman–Crippen MR) is 83.3 cm³/mol. The monoisotopic (exact) mass is 280 g/mol. The first kappa shape index (κ1) is 13.8. The molecule has 108 valence electrons. The highest BCUT2D eigenvalue weighted by Gasteiger charge is 2.24. The lowest BCUT2D eigenvalue weighted by Gasteiger charge is -2.32. The highest BCUT2D eigenvalue weighted by Crippen LogP contribution is 2.28. The number of piperidine rings is 1. The minimum atomic E-state index is 0.109. The van der Waals surface area contributed by atoms with Gasteiger partial charge in [0, 0.05) is 25.5 Å². The van der Waals surface area contributed by atoms with Crippen LogP contribution in [0.1, 0.15) is 40.2 Å². The van der Waals surface area contributed by atoms with Gasteiger partial charge in [-0.2, -0.15) is 0 Å². The summed E-state index contributed by atoms with van der Waals surface area (Å²) < 4.78 is 0. The fraction of sp³-hybridized carbons (Fsp3) is 0.333. The molecule has 0 bridgehead atoms. The normalized spacial score (nSPS) is 16.0. The second-order valence-corrected chi connectivity index (χ2v) is 5.73. The fourth-order valence-electron chi connectivity index (χ4n) is 3.00. The molecule has 3 heteroatoms. The molecule has 0 N–H and O–H groups in total. The average Bonchev–Trinajstić information content (AvgIpc) is 2.55. The molecule has 1 aromatic carbocycles. The standard InChI is InChI=1S/C18H20N2O/c1-14-11-17(13-19-12-14)18(21)20-9-7-16(8-10-20)15-5-3-2-4-6-15/h2-6,11-13,16H,7-10H2,1H3. The number of benzene rings is 1. The van der Waals surface area contributed by atoms with Crippen molar-refractivity contribution >= 4 is 5.91 Å². The molecule has 1 amide bonds. The molecule has 0 radical (unpaired) electrons. The van der Waals surface area contributed by atoms with Gasteiger partial charge in [-0.15, -0.1) is 0 Å². The maximum absolute atomic E-state index is 12.5. The second-order valence-electron chi connectivity index (χ2n) is 5.73. The summed E-state index contributed by atoms with van der Waals surface area (Å²) in [7, 11) is 0. The first-order chi connectivity index (χ1) is 10.2. The van der Waals surface area contributed by atoms with Gasteiger partial charge < -0.3 is 4.90 Å². The largest absolute Gasteiger partial charge is 0.339 e. The van der Waals surface area contributed by atoms with Crippen molar-refractivity contribution in [3.63, 3.8) is 0 Å². The van der Waals surface area contributed by atoms with Gasteiger partial charge in [0.05, 0.1) is 5.56 Å². The number of pyridine rings is 1. The maximum Gasteiger partial charge on any atom is 0.255 e. The number of carbonyl (C=O) groups is 1. The van der Waals surface area contributed by atoms with E-state index in [1.807, 2.05) is 24.0 Å². The first-order valence-corrected chi connectivity index (χ1v) is 7.50. The number of aryl methyl sites for hydroxylation is 1. The Morgan fingerprint density at radius 2 is 1.86 bits per heavy atom. The van der Waals surface area contributed by atoms with Gasteiger partial charge in [0.25, 0.3) is 5.91 Å². The minimum absolute atomic E-state index is 0.109. The van der Waals surface area contributed by atoms with E-state index in [1.165, 1.54) is 5.56 Å². The van der Waals surface area contributed by atoms with Gasteiger partial charge in [0.1, 0.15) is 0 Å². The number of nitrogens with zero attached hydrogens (tertiary/aromatic N) is 2. The molecule has 0 aliphatic carbocycles. The zero-order valence-corrected chi connectivity index (χ0v) is 12.3. The lowest BCUT2D eigenvalue weighted by atomic mass is 9.89. The van der Waals surface area contributed by atoms with E-state index < -0.39 is 0 Å². The second kappa shape index (κ2) is 6.08. The van der Waals surface area contributed by atoms with Crippen LogP contribution in [0.15, 0.2) is 48.8 Å². The zero-order chi connectivity index (χ0) is 14.7. The highest BCUT2D eigenvalue weighted by molar-refractivity contribution is 5.94. The lowest BCUT2D eigenvalue weighted by Crippen LogP contribution is -2.38. The van der Waals surface area contributed by atoms with Crippen LogP contribution in [-0.4, -0.2) is 28.9 Å². The number of likely N-dealkylation sites (tertiary alicyclic amines) is 1. The van der Waals surface area contributed by atoms with E-state index in [0.29, 0.717) is 11.5 Å². The van der Waals surface area contributed by atoms with Crippen molar-refractivity contribution in [1.29, 1.82) is 0 Å². The Labute approximate surface area is 125 Å². The van der Waals surface area contributed by atoms with Gasteiger partial charge in [0.15, 0.2) is 0 Å². The van der Waals surface area contributed by atoms with E-state index in [0.717, 1.165) is 31.5 Å². The molecule has 21 heavy (non-hydrogen) atoms. The Morgan fingerprint density at radius 3 is 2.52 bits per heavy atom. The Kier molecular flexibility index (Phi) is 4.00. The molecule has 2 aromatic rings. The average molecular weight is 280 g/mol. The van der Waals surface area contributed by atoms with Crippen molar-refractivity contribution in [2.75, 3.05) is 13.1 Å². The van der Waals surface area contributed by atoms with Crippen molar-refractivity contribution in [3.8, 4) is 0 Å². The van der Waals surface area contributed by atoms with Crippen LogP contribution in [0.3, 0.4) is 0 Å². The van der Waals surface area contributed by atoms with Crippen LogP contribution in [0.5, 0.6) is 0 Å². The molecule has 1 aromatic heterocycles. The Balaban J connectivity index is 1.64. The van der Waals surface area contributed by atoms with Gasteiger partial charge in [-0.1, -0.05) is 30.3 Å². The Hall–Kier alpha value is -2.16. The fourth-order valence-corrected chi connectivity index (χ4v) is 3.00. The molecule has 1 fully saturated rings. The molecular formula is C18H20N2O. The van der Waals surface area contributed by atoms with Crippen LogP contribution in [0, 0.1) is 6.92 Å². The van der Waals surface area contributed by atoms with Gasteiger partial charge in [-0.25, -0.2) is 0 Å². The van der Waals surface area contributed by atoms with Gasteiger partial charge in [-0.3, -0.25) is 9.78 Å². The Bertz CT molecular complexity index is 616. The quantitative estimate of drug-likeness (QED) is 0.844. The van der Waals surface area contributed by atoms with Crippen molar-refractivity contribution in [2.45, 2.75) is 25.7 Å². The molecule has 0 spiro atoms. The number of aromatic nitrogens is 1. The summed E-state index contributed by atoms with van der Waals surface area (Å²) in [5.74, 6) is 0.684. The molecule has 1 aliphatic rings. The van der Waals surface area contributed by atoms with E-state index in [1.54, 1.807) is 12.4 Å². The van der Waals surface area contributed by atoms with Crippen LogP contribution in [0.4, 0.5) is 0 Å². The number of amides is 1. The van der Waals surface area contributed by atoms with Crippen LogP contribution >= 0.6 is 0 Å². The van der Waals surface area contributed by atoms with Crippen molar-refractivity contribution in [3.05, 3.63) is 65.5 Å². The van der Waals surface area contributed by atoms with E-state index in [-0.39, 0.29) is 5.91 Å². The van der Waals surface area contributed by atoms with E-state index in [2.05, 4.69) is 29.2 Å². The summed E-state index contributed by atoms with van der Waals surface area (Å²) >= 11 is 0. The predicted octanol–water partition coefficient (Wildman–Crippen LogP) is 3.41. The number of hydrogen-bond donors (Lipinski definition) is 0. The molecule has 1 aliphatic heterocycles. The number of rotatable bonds is 2. The number of carbonyl (C=O) groups excluding carboxylic acids is 1. The third-order valence-corrected chi connectivity index (χ3v) is 4.18.